The monoisotopic (exact) mass is 295 g/mol. The van der Waals surface area contributed by atoms with Gasteiger partial charge in [-0.05, 0) is 19.8 Å². The number of hydrogen-bond donors (Lipinski definition) is 2. The van der Waals surface area contributed by atoms with Gasteiger partial charge in [0, 0.05) is 19.6 Å². The van der Waals surface area contributed by atoms with Gasteiger partial charge in [0.1, 0.15) is 5.69 Å². The first-order chi connectivity index (χ1) is 10.1. The van der Waals surface area contributed by atoms with Gasteiger partial charge in [-0.15, -0.1) is 0 Å². The van der Waals surface area contributed by atoms with Crippen LogP contribution in [0.5, 0.6) is 0 Å². The molecule has 1 aliphatic carbocycles. The first-order valence-electron chi connectivity index (χ1n) is 7.16. The zero-order chi connectivity index (χ0) is 15.4. The molecule has 8 heteroatoms. The fourth-order valence-electron chi connectivity index (χ4n) is 2.86. The van der Waals surface area contributed by atoms with E-state index in [1.807, 2.05) is 4.90 Å². The molecule has 1 aromatic heterocycles. The summed E-state index contributed by atoms with van der Waals surface area (Å²) in [6.07, 6.45) is 4.14. The summed E-state index contributed by atoms with van der Waals surface area (Å²) >= 11 is 0. The van der Waals surface area contributed by atoms with Crippen molar-refractivity contribution in [1.82, 2.24) is 9.97 Å². The third-order valence-corrected chi connectivity index (χ3v) is 3.82. The summed E-state index contributed by atoms with van der Waals surface area (Å²) < 4.78 is 0. The molecule has 0 unspecified atom stereocenters. The minimum absolute atomic E-state index is 0.0639. The van der Waals surface area contributed by atoms with E-state index >= 15 is 0 Å². The lowest BCUT2D eigenvalue weighted by Gasteiger charge is -2.29. The molecule has 1 aliphatic rings. The molecule has 0 radical (unpaired) electrons. The Kier molecular flexibility index (Phi) is 4.89. The quantitative estimate of drug-likeness (QED) is 0.605. The third kappa shape index (κ3) is 3.21. The molecule has 2 N–H and O–H groups in total. The molecule has 0 spiro atoms. The number of aryl methyl sites for hydroxylation is 1. The molecule has 0 atom stereocenters. The number of nitro groups is 1. The molecule has 116 valence electrons. The van der Waals surface area contributed by atoms with E-state index in [2.05, 4.69) is 15.3 Å². The number of hydrogen-bond acceptors (Lipinski definition) is 7. The summed E-state index contributed by atoms with van der Waals surface area (Å²) in [6, 6.07) is 0.190. The van der Waals surface area contributed by atoms with E-state index in [0.29, 0.717) is 24.0 Å². The van der Waals surface area contributed by atoms with Crippen molar-refractivity contribution >= 4 is 17.5 Å². The minimum Gasteiger partial charge on any atom is -0.395 e. The van der Waals surface area contributed by atoms with Gasteiger partial charge in [-0.1, -0.05) is 12.8 Å². The smallest absolute Gasteiger partial charge is 0.332 e. The van der Waals surface area contributed by atoms with Crippen molar-refractivity contribution in [2.75, 3.05) is 30.4 Å². The number of aliphatic hydroxyl groups excluding tert-OH is 1. The molecule has 1 saturated carbocycles. The van der Waals surface area contributed by atoms with E-state index in [1.54, 1.807) is 14.0 Å². The lowest BCUT2D eigenvalue weighted by Crippen LogP contribution is -2.37. The molecule has 0 aliphatic heterocycles. The number of nitrogens with one attached hydrogen (secondary N) is 1. The van der Waals surface area contributed by atoms with Gasteiger partial charge in [-0.25, -0.2) is 4.98 Å². The number of anilines is 2. The summed E-state index contributed by atoms with van der Waals surface area (Å²) in [7, 11) is 1.68. The standard InChI is InChI=1S/C13H21N5O3/c1-9-11(18(20)21)12(16-13(14-2)15-9)17(7-8-19)10-5-3-4-6-10/h10,19H,3-8H2,1-2H3,(H,14,15,16). The first-order valence-corrected chi connectivity index (χ1v) is 7.16. The Labute approximate surface area is 123 Å². The van der Waals surface area contributed by atoms with Gasteiger partial charge in [0.25, 0.3) is 0 Å². The molecule has 0 bridgehead atoms. The van der Waals surface area contributed by atoms with Crippen LogP contribution in [-0.2, 0) is 0 Å². The van der Waals surface area contributed by atoms with Crippen LogP contribution in [-0.4, -0.2) is 46.2 Å². The molecule has 8 nitrogen and oxygen atoms in total. The maximum absolute atomic E-state index is 11.4. The van der Waals surface area contributed by atoms with Gasteiger partial charge in [0.05, 0.1) is 11.5 Å². The highest BCUT2D eigenvalue weighted by molar-refractivity contribution is 5.63. The van der Waals surface area contributed by atoms with Gasteiger partial charge in [-0.3, -0.25) is 10.1 Å². The molecule has 0 amide bonds. The number of rotatable bonds is 6. The van der Waals surface area contributed by atoms with Crippen LogP contribution in [0.3, 0.4) is 0 Å². The van der Waals surface area contributed by atoms with Crippen LogP contribution in [0, 0.1) is 17.0 Å². The Hall–Kier alpha value is -1.96. The highest BCUT2D eigenvalue weighted by Crippen LogP contribution is 2.34. The minimum atomic E-state index is -0.441. The van der Waals surface area contributed by atoms with E-state index in [0.717, 1.165) is 25.7 Å². The van der Waals surface area contributed by atoms with Gasteiger partial charge >= 0.3 is 5.69 Å². The van der Waals surface area contributed by atoms with E-state index < -0.39 is 4.92 Å². The molecule has 2 rings (SSSR count). The van der Waals surface area contributed by atoms with Crippen LogP contribution in [0.15, 0.2) is 0 Å². The Bertz CT molecular complexity index is 517. The molecular formula is C13H21N5O3. The van der Waals surface area contributed by atoms with Crippen LogP contribution >= 0.6 is 0 Å². The lowest BCUT2D eigenvalue weighted by molar-refractivity contribution is -0.385. The molecule has 21 heavy (non-hydrogen) atoms. The van der Waals surface area contributed by atoms with Gasteiger partial charge in [0.15, 0.2) is 0 Å². The summed E-state index contributed by atoms with van der Waals surface area (Å²) in [5, 5.41) is 23.5. The summed E-state index contributed by atoms with van der Waals surface area (Å²) in [4.78, 5) is 21.2. The predicted octanol–water partition coefficient (Wildman–Crippen LogP) is 1.48. The fraction of sp³-hybridized carbons (Fsp3) is 0.692. The molecule has 0 saturated heterocycles. The average Bonchev–Trinajstić information content (AvgIpc) is 2.97. The van der Waals surface area contributed by atoms with Crippen LogP contribution in [0.1, 0.15) is 31.4 Å². The van der Waals surface area contributed by atoms with Crippen molar-refractivity contribution in [1.29, 1.82) is 0 Å². The second-order valence-corrected chi connectivity index (χ2v) is 5.17. The van der Waals surface area contributed by atoms with Crippen LogP contribution in [0.25, 0.3) is 0 Å². The normalized spacial score (nSPS) is 15.2. The topological polar surface area (TPSA) is 104 Å². The van der Waals surface area contributed by atoms with Crippen molar-refractivity contribution in [3.8, 4) is 0 Å². The second kappa shape index (κ2) is 6.66. The number of nitrogens with zero attached hydrogens (tertiary/aromatic N) is 4. The Morgan fingerprint density at radius 3 is 2.62 bits per heavy atom. The van der Waals surface area contributed by atoms with Crippen LogP contribution < -0.4 is 10.2 Å². The summed E-state index contributed by atoms with van der Waals surface area (Å²) in [5.41, 5.74) is 0.254. The van der Waals surface area contributed by atoms with Crippen LogP contribution in [0.2, 0.25) is 0 Å². The summed E-state index contributed by atoms with van der Waals surface area (Å²) in [5.74, 6) is 0.659. The van der Waals surface area contributed by atoms with E-state index in [4.69, 9.17) is 0 Å². The highest BCUT2D eigenvalue weighted by Gasteiger charge is 2.31. The highest BCUT2D eigenvalue weighted by atomic mass is 16.6. The molecule has 0 aromatic carbocycles. The van der Waals surface area contributed by atoms with Crippen LogP contribution in [0.4, 0.5) is 17.5 Å². The Morgan fingerprint density at radius 1 is 1.43 bits per heavy atom. The lowest BCUT2D eigenvalue weighted by atomic mass is 10.2. The maximum Gasteiger partial charge on any atom is 0.332 e. The van der Waals surface area contributed by atoms with Gasteiger partial charge in [0.2, 0.25) is 11.8 Å². The van der Waals surface area contributed by atoms with Crippen molar-refractivity contribution in [2.24, 2.45) is 0 Å². The fourth-order valence-corrected chi connectivity index (χ4v) is 2.86. The molecule has 1 fully saturated rings. The molecular weight excluding hydrogens is 274 g/mol. The Morgan fingerprint density at radius 2 is 2.10 bits per heavy atom. The number of aromatic nitrogens is 2. The van der Waals surface area contributed by atoms with Crippen molar-refractivity contribution in [2.45, 2.75) is 38.6 Å². The van der Waals surface area contributed by atoms with Crippen molar-refractivity contribution in [3.05, 3.63) is 15.8 Å². The first kappa shape index (κ1) is 15.4. The number of aliphatic hydroxyl groups is 1. The van der Waals surface area contributed by atoms with E-state index in [9.17, 15) is 15.2 Å². The average molecular weight is 295 g/mol. The van der Waals surface area contributed by atoms with Crippen molar-refractivity contribution < 1.29 is 10.0 Å². The van der Waals surface area contributed by atoms with Crippen molar-refractivity contribution in [3.63, 3.8) is 0 Å². The second-order valence-electron chi connectivity index (χ2n) is 5.17. The Balaban J connectivity index is 2.50. The largest absolute Gasteiger partial charge is 0.395 e. The maximum atomic E-state index is 11.4. The summed E-state index contributed by atoms with van der Waals surface area (Å²) in [6.45, 7) is 1.88. The third-order valence-electron chi connectivity index (χ3n) is 3.82. The van der Waals surface area contributed by atoms with Gasteiger partial charge < -0.3 is 15.3 Å². The zero-order valence-electron chi connectivity index (χ0n) is 12.4. The van der Waals surface area contributed by atoms with Gasteiger partial charge in [-0.2, -0.15) is 4.98 Å². The van der Waals surface area contributed by atoms with E-state index in [1.165, 1.54) is 0 Å². The SMILES string of the molecule is CNc1nc(C)c([N+](=O)[O-])c(N(CCO)C2CCCC2)n1. The zero-order valence-corrected chi connectivity index (χ0v) is 12.4. The predicted molar refractivity (Wildman–Crippen MR) is 79.7 cm³/mol. The molecule has 1 aromatic rings. The van der Waals surface area contributed by atoms with E-state index in [-0.39, 0.29) is 18.3 Å². The molecule has 1 heterocycles.